The van der Waals surface area contributed by atoms with Crippen LogP contribution in [0.4, 0.5) is 8.78 Å². The molecule has 4 heteroatoms. The molecule has 2 rings (SSSR count). The third-order valence-electron chi connectivity index (χ3n) is 2.81. The van der Waals surface area contributed by atoms with Crippen molar-refractivity contribution < 1.29 is 8.78 Å². The molecule has 1 aromatic rings. The Balaban J connectivity index is 2.32. The fourth-order valence-corrected chi connectivity index (χ4v) is 2.51. The molecule has 0 unspecified atom stereocenters. The lowest BCUT2D eigenvalue weighted by molar-refractivity contribution is -0.125. The van der Waals surface area contributed by atoms with Crippen molar-refractivity contribution in [3.8, 4) is 0 Å². The summed E-state index contributed by atoms with van der Waals surface area (Å²) in [4.78, 5) is 0. The van der Waals surface area contributed by atoms with Gasteiger partial charge in [0.2, 0.25) is 0 Å². The Bertz CT molecular complexity index is 396. The Morgan fingerprint density at radius 2 is 1.93 bits per heavy atom. The van der Waals surface area contributed by atoms with Gasteiger partial charge in [0.25, 0.3) is 5.92 Å². The molecular weight excluding hydrogens is 220 g/mol. The molecule has 1 nitrogen and oxygen atoms in total. The van der Waals surface area contributed by atoms with Crippen molar-refractivity contribution in [2.45, 2.75) is 31.2 Å². The molecule has 0 radical (unpaired) electrons. The minimum absolute atomic E-state index is 0.317. The molecule has 0 heterocycles. The molecule has 1 aliphatic carbocycles. The summed E-state index contributed by atoms with van der Waals surface area (Å²) in [7, 11) is 0. The number of nitrogens with two attached hydrogens (primary N) is 1. The topological polar surface area (TPSA) is 26.0 Å². The van der Waals surface area contributed by atoms with Crippen LogP contribution in [0.5, 0.6) is 0 Å². The van der Waals surface area contributed by atoms with Crippen molar-refractivity contribution in [1.29, 1.82) is 0 Å². The number of alkyl halides is 2. The molecule has 0 aliphatic heterocycles. The smallest absolute Gasteiger partial charge is 0.252 e. The zero-order chi connectivity index (χ0) is 11.3. The number of hydrogen-bond acceptors (Lipinski definition) is 1. The van der Waals surface area contributed by atoms with Gasteiger partial charge >= 0.3 is 0 Å². The fourth-order valence-electron chi connectivity index (χ4n) is 2.09. The molecule has 15 heavy (non-hydrogen) atoms. The van der Waals surface area contributed by atoms with Gasteiger partial charge < -0.3 is 5.73 Å². The highest BCUT2D eigenvalue weighted by atomic mass is 35.5. The molecule has 1 aromatic carbocycles. The summed E-state index contributed by atoms with van der Waals surface area (Å²) in [5.74, 6) is -2.64. The van der Waals surface area contributed by atoms with E-state index in [9.17, 15) is 8.78 Å². The molecule has 0 aromatic heterocycles. The van der Waals surface area contributed by atoms with E-state index >= 15 is 0 Å². The van der Waals surface area contributed by atoms with Gasteiger partial charge in [-0.1, -0.05) is 23.7 Å². The van der Waals surface area contributed by atoms with E-state index in [0.29, 0.717) is 10.6 Å². The summed E-state index contributed by atoms with van der Waals surface area (Å²) in [6.45, 7) is 1.90. The lowest BCUT2D eigenvalue weighted by Gasteiger charge is -2.45. The molecular formula is C11H12ClF2N. The van der Waals surface area contributed by atoms with Gasteiger partial charge in [-0.05, 0) is 24.1 Å². The Morgan fingerprint density at radius 1 is 1.33 bits per heavy atom. The van der Waals surface area contributed by atoms with Crippen LogP contribution in [-0.2, 0) is 5.54 Å². The van der Waals surface area contributed by atoms with E-state index in [1.54, 1.807) is 12.1 Å². The van der Waals surface area contributed by atoms with Gasteiger partial charge in [0.1, 0.15) is 0 Å². The second kappa shape index (κ2) is 3.16. The van der Waals surface area contributed by atoms with E-state index in [1.807, 2.05) is 13.0 Å². The second-order valence-corrected chi connectivity index (χ2v) is 4.76. The monoisotopic (exact) mass is 231 g/mol. The molecule has 1 fully saturated rings. The van der Waals surface area contributed by atoms with E-state index in [1.165, 1.54) is 0 Å². The average Bonchev–Trinajstić information content (AvgIpc) is 1.98. The van der Waals surface area contributed by atoms with Gasteiger partial charge in [0, 0.05) is 17.9 Å². The highest BCUT2D eigenvalue weighted by Crippen LogP contribution is 2.51. The lowest BCUT2D eigenvalue weighted by Crippen LogP contribution is -2.55. The second-order valence-electron chi connectivity index (χ2n) is 4.35. The lowest BCUT2D eigenvalue weighted by atomic mass is 9.70. The zero-order valence-electron chi connectivity index (χ0n) is 8.36. The number of benzene rings is 1. The normalized spacial score (nSPS) is 22.2. The van der Waals surface area contributed by atoms with E-state index in [2.05, 4.69) is 0 Å². The quantitative estimate of drug-likeness (QED) is 0.789. The molecule has 0 amide bonds. The largest absolute Gasteiger partial charge is 0.321 e. The van der Waals surface area contributed by atoms with Crippen LogP contribution >= 0.6 is 11.6 Å². The van der Waals surface area contributed by atoms with Crippen molar-refractivity contribution in [2.24, 2.45) is 5.73 Å². The first-order valence-corrected chi connectivity index (χ1v) is 5.14. The molecule has 2 N–H and O–H groups in total. The third kappa shape index (κ3) is 1.86. The van der Waals surface area contributed by atoms with Crippen LogP contribution in [0.2, 0.25) is 5.02 Å². The molecule has 82 valence electrons. The minimum atomic E-state index is -2.64. The predicted octanol–water partition coefficient (Wildman–Crippen LogP) is 3.23. The summed E-state index contributed by atoms with van der Waals surface area (Å²) in [6.07, 6.45) is -0.633. The van der Waals surface area contributed by atoms with Crippen LogP contribution in [0.3, 0.4) is 0 Å². The maximum Gasteiger partial charge on any atom is 0.252 e. The maximum atomic E-state index is 12.8. The van der Waals surface area contributed by atoms with Gasteiger partial charge in [-0.25, -0.2) is 8.78 Å². The van der Waals surface area contributed by atoms with Crippen LogP contribution in [0.1, 0.15) is 24.0 Å². The maximum absolute atomic E-state index is 12.8. The van der Waals surface area contributed by atoms with Crippen LogP contribution in [0.25, 0.3) is 0 Å². The van der Waals surface area contributed by atoms with Crippen molar-refractivity contribution >= 4 is 11.6 Å². The van der Waals surface area contributed by atoms with E-state index in [0.717, 1.165) is 5.56 Å². The van der Waals surface area contributed by atoms with Crippen LogP contribution in [0.15, 0.2) is 18.2 Å². The van der Waals surface area contributed by atoms with Crippen LogP contribution in [0, 0.1) is 6.92 Å². The average molecular weight is 232 g/mol. The van der Waals surface area contributed by atoms with Crippen LogP contribution in [-0.4, -0.2) is 5.92 Å². The van der Waals surface area contributed by atoms with E-state index in [-0.39, 0.29) is 12.8 Å². The molecule has 0 bridgehead atoms. The molecule has 0 saturated heterocycles. The fraction of sp³-hybridized carbons (Fsp3) is 0.455. The number of halogens is 3. The molecule has 1 saturated carbocycles. The third-order valence-corrected chi connectivity index (χ3v) is 3.12. The Labute approximate surface area is 92.2 Å². The van der Waals surface area contributed by atoms with Gasteiger partial charge in [-0.15, -0.1) is 0 Å². The van der Waals surface area contributed by atoms with Crippen molar-refractivity contribution in [1.82, 2.24) is 0 Å². The standard InChI is InChI=1S/C11H12ClF2N/c1-7-2-3-8(9(12)4-7)10(15)5-11(13,14)6-10/h2-4H,5-6,15H2,1H3. The van der Waals surface area contributed by atoms with Crippen LogP contribution < -0.4 is 5.73 Å². The van der Waals surface area contributed by atoms with Gasteiger partial charge in [-0.3, -0.25) is 0 Å². The summed E-state index contributed by atoms with van der Waals surface area (Å²) in [5.41, 5.74) is 6.56. The van der Waals surface area contributed by atoms with Crippen molar-refractivity contribution in [3.05, 3.63) is 34.3 Å². The summed E-state index contributed by atoms with van der Waals surface area (Å²) in [5, 5.41) is 0.480. The SMILES string of the molecule is Cc1ccc(C2(N)CC(F)(F)C2)c(Cl)c1. The van der Waals surface area contributed by atoms with Crippen molar-refractivity contribution in [3.63, 3.8) is 0 Å². The first-order valence-electron chi connectivity index (χ1n) is 4.76. The highest BCUT2D eigenvalue weighted by molar-refractivity contribution is 6.31. The summed E-state index contributed by atoms with van der Waals surface area (Å²) < 4.78 is 25.6. The van der Waals surface area contributed by atoms with Gasteiger partial charge in [0.15, 0.2) is 0 Å². The van der Waals surface area contributed by atoms with E-state index in [4.69, 9.17) is 17.3 Å². The van der Waals surface area contributed by atoms with Gasteiger partial charge in [0.05, 0.1) is 5.54 Å². The Hall–Kier alpha value is -0.670. The summed E-state index contributed by atoms with van der Waals surface area (Å²) >= 11 is 5.99. The first kappa shape index (κ1) is 10.8. The number of hydrogen-bond donors (Lipinski definition) is 1. The molecule has 0 atom stereocenters. The van der Waals surface area contributed by atoms with Crippen molar-refractivity contribution in [2.75, 3.05) is 0 Å². The number of rotatable bonds is 1. The highest BCUT2D eigenvalue weighted by Gasteiger charge is 2.55. The molecule has 1 aliphatic rings. The Morgan fingerprint density at radius 3 is 2.40 bits per heavy atom. The van der Waals surface area contributed by atoms with Gasteiger partial charge in [-0.2, -0.15) is 0 Å². The Kier molecular flexibility index (Phi) is 2.28. The zero-order valence-corrected chi connectivity index (χ0v) is 9.11. The summed E-state index contributed by atoms with van der Waals surface area (Å²) in [6, 6.07) is 5.33. The predicted molar refractivity (Wildman–Crippen MR) is 56.2 cm³/mol. The molecule has 0 spiro atoms. The first-order chi connectivity index (χ1) is 6.82. The van der Waals surface area contributed by atoms with E-state index < -0.39 is 11.5 Å². The minimum Gasteiger partial charge on any atom is -0.321 e. The number of aryl methyl sites for hydroxylation is 1.